The first-order valence-electron chi connectivity index (χ1n) is 5.42. The van der Waals surface area contributed by atoms with E-state index in [1.165, 1.54) is 5.56 Å². The van der Waals surface area contributed by atoms with Crippen LogP contribution >= 0.6 is 0 Å². The quantitative estimate of drug-likeness (QED) is 0.754. The molecule has 1 aromatic rings. The van der Waals surface area contributed by atoms with Crippen LogP contribution < -0.4 is 0 Å². The Balaban J connectivity index is 1.73. The van der Waals surface area contributed by atoms with Crippen molar-refractivity contribution < 1.29 is 9.47 Å². The lowest BCUT2D eigenvalue weighted by molar-refractivity contribution is -0.151. The molecule has 1 aliphatic rings. The second kappa shape index (κ2) is 4.33. The van der Waals surface area contributed by atoms with Crippen LogP contribution in [0.25, 0.3) is 0 Å². The molecule has 1 aromatic carbocycles. The van der Waals surface area contributed by atoms with Crippen molar-refractivity contribution in [1.82, 2.24) is 0 Å². The SMILES string of the molecule is CO[C@]1(C)C[C@@H](OCc2ccccc2)C1. The van der Waals surface area contributed by atoms with Crippen LogP contribution in [0.2, 0.25) is 0 Å². The van der Waals surface area contributed by atoms with E-state index in [0.717, 1.165) is 12.8 Å². The molecular formula is C13H18O2. The van der Waals surface area contributed by atoms with Crippen LogP contribution in [-0.4, -0.2) is 18.8 Å². The fourth-order valence-electron chi connectivity index (χ4n) is 1.98. The molecule has 0 amide bonds. The van der Waals surface area contributed by atoms with E-state index in [2.05, 4.69) is 19.1 Å². The Morgan fingerprint density at radius 3 is 2.53 bits per heavy atom. The Labute approximate surface area is 91.2 Å². The predicted octanol–water partition coefficient (Wildman–Crippen LogP) is 2.77. The number of hydrogen-bond acceptors (Lipinski definition) is 2. The number of rotatable bonds is 4. The highest BCUT2D eigenvalue weighted by Crippen LogP contribution is 2.37. The lowest BCUT2D eigenvalue weighted by Gasteiger charge is -2.43. The molecule has 0 saturated heterocycles. The molecule has 0 aromatic heterocycles. The molecular weight excluding hydrogens is 188 g/mol. The third-order valence-corrected chi connectivity index (χ3v) is 3.14. The van der Waals surface area contributed by atoms with Crippen LogP contribution in [0.4, 0.5) is 0 Å². The number of methoxy groups -OCH3 is 1. The molecule has 0 unspecified atom stereocenters. The third-order valence-electron chi connectivity index (χ3n) is 3.14. The summed E-state index contributed by atoms with van der Waals surface area (Å²) < 4.78 is 11.2. The molecule has 0 bridgehead atoms. The summed E-state index contributed by atoms with van der Waals surface area (Å²) in [5, 5.41) is 0. The summed E-state index contributed by atoms with van der Waals surface area (Å²) in [6.45, 7) is 2.85. The lowest BCUT2D eigenvalue weighted by atomic mass is 9.79. The zero-order valence-corrected chi connectivity index (χ0v) is 9.40. The first-order valence-corrected chi connectivity index (χ1v) is 5.42. The van der Waals surface area contributed by atoms with E-state index >= 15 is 0 Å². The van der Waals surface area contributed by atoms with Gasteiger partial charge < -0.3 is 9.47 Å². The molecule has 0 spiro atoms. The van der Waals surface area contributed by atoms with Crippen LogP contribution in [0.3, 0.4) is 0 Å². The molecule has 0 atom stereocenters. The molecule has 0 heterocycles. The Morgan fingerprint density at radius 1 is 1.27 bits per heavy atom. The average Bonchev–Trinajstić information content (AvgIpc) is 2.24. The molecule has 2 rings (SSSR count). The second-order valence-corrected chi connectivity index (χ2v) is 4.48. The van der Waals surface area contributed by atoms with Gasteiger partial charge in [0.25, 0.3) is 0 Å². The van der Waals surface area contributed by atoms with Crippen LogP contribution in [0.5, 0.6) is 0 Å². The van der Waals surface area contributed by atoms with E-state index in [4.69, 9.17) is 9.47 Å². The summed E-state index contributed by atoms with van der Waals surface area (Å²) in [6, 6.07) is 10.3. The monoisotopic (exact) mass is 206 g/mol. The van der Waals surface area contributed by atoms with Gasteiger partial charge in [0, 0.05) is 20.0 Å². The maximum atomic E-state index is 5.78. The van der Waals surface area contributed by atoms with Crippen molar-refractivity contribution in [3.63, 3.8) is 0 Å². The van der Waals surface area contributed by atoms with E-state index in [1.807, 2.05) is 18.2 Å². The predicted molar refractivity (Wildman–Crippen MR) is 59.7 cm³/mol. The molecule has 15 heavy (non-hydrogen) atoms. The van der Waals surface area contributed by atoms with E-state index in [9.17, 15) is 0 Å². The van der Waals surface area contributed by atoms with Gasteiger partial charge in [-0.05, 0) is 12.5 Å². The summed E-state index contributed by atoms with van der Waals surface area (Å²) in [5.41, 5.74) is 1.30. The summed E-state index contributed by atoms with van der Waals surface area (Å²) in [4.78, 5) is 0. The number of benzene rings is 1. The average molecular weight is 206 g/mol. The molecule has 0 N–H and O–H groups in total. The highest BCUT2D eigenvalue weighted by atomic mass is 16.5. The maximum Gasteiger partial charge on any atom is 0.0720 e. The fourth-order valence-corrected chi connectivity index (χ4v) is 1.98. The van der Waals surface area contributed by atoms with Gasteiger partial charge in [-0.3, -0.25) is 0 Å². The van der Waals surface area contributed by atoms with Gasteiger partial charge in [-0.1, -0.05) is 30.3 Å². The topological polar surface area (TPSA) is 18.5 Å². The van der Waals surface area contributed by atoms with Gasteiger partial charge in [-0.15, -0.1) is 0 Å². The summed E-state index contributed by atoms with van der Waals surface area (Å²) in [6.07, 6.45) is 2.39. The second-order valence-electron chi connectivity index (χ2n) is 4.48. The Bertz CT molecular complexity index is 302. The summed E-state index contributed by atoms with van der Waals surface area (Å²) in [7, 11) is 1.77. The van der Waals surface area contributed by atoms with Gasteiger partial charge in [0.2, 0.25) is 0 Å². The van der Waals surface area contributed by atoms with Crippen LogP contribution in [-0.2, 0) is 16.1 Å². The van der Waals surface area contributed by atoms with Gasteiger partial charge in [-0.25, -0.2) is 0 Å². The van der Waals surface area contributed by atoms with Gasteiger partial charge in [0.05, 0.1) is 18.3 Å². The minimum absolute atomic E-state index is 0.0569. The summed E-state index contributed by atoms with van der Waals surface area (Å²) >= 11 is 0. The third kappa shape index (κ3) is 2.58. The fraction of sp³-hybridized carbons (Fsp3) is 0.538. The van der Waals surface area contributed by atoms with Gasteiger partial charge in [0.1, 0.15) is 0 Å². The Hall–Kier alpha value is -0.860. The van der Waals surface area contributed by atoms with E-state index < -0.39 is 0 Å². The zero-order valence-electron chi connectivity index (χ0n) is 9.40. The van der Waals surface area contributed by atoms with E-state index in [-0.39, 0.29) is 5.60 Å². The highest BCUT2D eigenvalue weighted by Gasteiger charge is 2.41. The van der Waals surface area contributed by atoms with Crippen LogP contribution in [0, 0.1) is 0 Å². The molecule has 1 saturated carbocycles. The number of hydrogen-bond donors (Lipinski definition) is 0. The van der Waals surface area contributed by atoms with Crippen molar-refractivity contribution in [3.05, 3.63) is 35.9 Å². The van der Waals surface area contributed by atoms with Crippen molar-refractivity contribution >= 4 is 0 Å². The van der Waals surface area contributed by atoms with Crippen molar-refractivity contribution in [3.8, 4) is 0 Å². The zero-order chi connectivity index (χ0) is 10.7. The Kier molecular flexibility index (Phi) is 3.08. The first kappa shape index (κ1) is 10.7. The molecule has 82 valence electrons. The van der Waals surface area contributed by atoms with Gasteiger partial charge in [-0.2, -0.15) is 0 Å². The van der Waals surface area contributed by atoms with Gasteiger partial charge >= 0.3 is 0 Å². The lowest BCUT2D eigenvalue weighted by Crippen LogP contribution is -2.47. The highest BCUT2D eigenvalue weighted by molar-refractivity contribution is 5.13. The minimum atomic E-state index is 0.0569. The van der Waals surface area contributed by atoms with Crippen molar-refractivity contribution in [1.29, 1.82) is 0 Å². The van der Waals surface area contributed by atoms with E-state index in [0.29, 0.717) is 12.7 Å². The molecule has 0 aliphatic heterocycles. The molecule has 2 nitrogen and oxygen atoms in total. The van der Waals surface area contributed by atoms with Crippen molar-refractivity contribution in [2.24, 2.45) is 0 Å². The minimum Gasteiger partial charge on any atom is -0.378 e. The molecule has 1 aliphatic carbocycles. The van der Waals surface area contributed by atoms with Crippen LogP contribution in [0.15, 0.2) is 30.3 Å². The number of ether oxygens (including phenoxy) is 2. The molecule has 0 radical (unpaired) electrons. The standard InChI is InChI=1S/C13H18O2/c1-13(14-2)8-12(9-13)15-10-11-6-4-3-5-7-11/h3-7,12H,8-10H2,1-2H3/t12-,13-. The van der Waals surface area contributed by atoms with Crippen molar-refractivity contribution in [2.45, 2.75) is 38.1 Å². The largest absolute Gasteiger partial charge is 0.378 e. The van der Waals surface area contributed by atoms with E-state index in [1.54, 1.807) is 7.11 Å². The molecule has 2 heteroatoms. The molecule has 1 fully saturated rings. The van der Waals surface area contributed by atoms with Crippen molar-refractivity contribution in [2.75, 3.05) is 7.11 Å². The van der Waals surface area contributed by atoms with Crippen LogP contribution in [0.1, 0.15) is 25.3 Å². The summed E-state index contributed by atoms with van der Waals surface area (Å²) in [5.74, 6) is 0. The first-order chi connectivity index (χ1) is 7.22. The maximum absolute atomic E-state index is 5.78. The smallest absolute Gasteiger partial charge is 0.0720 e. The Morgan fingerprint density at radius 2 is 1.93 bits per heavy atom. The normalized spacial score (nSPS) is 29.9. The van der Waals surface area contributed by atoms with Gasteiger partial charge in [0.15, 0.2) is 0 Å².